The van der Waals surface area contributed by atoms with Gasteiger partial charge in [0.25, 0.3) is 11.8 Å². The largest absolute Gasteiger partial charge is 0.372 e. The van der Waals surface area contributed by atoms with Gasteiger partial charge in [-0.2, -0.15) is 0 Å². The van der Waals surface area contributed by atoms with Crippen LogP contribution in [-0.2, 0) is 19.5 Å². The SMILES string of the molecule is O=C(NCc1nnc2n1CCN(C(=O)c1ccc(N3CCCC3)cc1)CC2)c1cccc(F)c1. The van der Waals surface area contributed by atoms with Gasteiger partial charge in [0.05, 0.1) is 6.54 Å². The van der Waals surface area contributed by atoms with Crippen molar-refractivity contribution in [3.05, 3.63) is 77.1 Å². The smallest absolute Gasteiger partial charge is 0.253 e. The van der Waals surface area contributed by atoms with Gasteiger partial charge in [-0.3, -0.25) is 9.59 Å². The van der Waals surface area contributed by atoms with Crippen molar-refractivity contribution in [1.82, 2.24) is 25.0 Å². The van der Waals surface area contributed by atoms with Crippen molar-refractivity contribution >= 4 is 17.5 Å². The van der Waals surface area contributed by atoms with Gasteiger partial charge < -0.3 is 19.7 Å². The first-order valence-corrected chi connectivity index (χ1v) is 11.7. The maximum absolute atomic E-state index is 13.4. The van der Waals surface area contributed by atoms with Crippen LogP contribution in [0.3, 0.4) is 0 Å². The molecule has 8 nitrogen and oxygen atoms in total. The van der Waals surface area contributed by atoms with E-state index >= 15 is 0 Å². The molecule has 0 unspecified atom stereocenters. The molecule has 0 spiro atoms. The summed E-state index contributed by atoms with van der Waals surface area (Å²) >= 11 is 0. The summed E-state index contributed by atoms with van der Waals surface area (Å²) in [5, 5.41) is 11.2. The quantitative estimate of drug-likeness (QED) is 0.630. The van der Waals surface area contributed by atoms with Crippen LogP contribution >= 0.6 is 0 Å². The fraction of sp³-hybridized carbons (Fsp3) is 0.360. The molecule has 2 amide bonds. The van der Waals surface area contributed by atoms with Crippen molar-refractivity contribution in [2.24, 2.45) is 0 Å². The lowest BCUT2D eigenvalue weighted by Gasteiger charge is -2.21. The molecule has 3 heterocycles. The van der Waals surface area contributed by atoms with Gasteiger partial charge in [-0.1, -0.05) is 6.07 Å². The zero-order valence-corrected chi connectivity index (χ0v) is 18.9. The maximum atomic E-state index is 13.4. The average molecular weight is 463 g/mol. The average Bonchev–Trinajstić information content (AvgIpc) is 3.48. The molecule has 3 aromatic rings. The standard InChI is InChI=1S/C25H27FN6O2/c26-20-5-3-4-19(16-20)24(33)27-17-23-29-28-22-10-13-31(14-15-32(22)23)25(34)18-6-8-21(9-7-18)30-11-1-2-12-30/h3-9,16H,1-2,10-15,17H2,(H,27,33). The summed E-state index contributed by atoms with van der Waals surface area (Å²) in [6.07, 6.45) is 3.02. The number of hydrogen-bond donors (Lipinski definition) is 1. The van der Waals surface area contributed by atoms with E-state index in [9.17, 15) is 14.0 Å². The van der Waals surface area contributed by atoms with E-state index < -0.39 is 5.82 Å². The van der Waals surface area contributed by atoms with Crippen molar-refractivity contribution in [3.63, 3.8) is 0 Å². The number of benzene rings is 2. The number of nitrogens with zero attached hydrogens (tertiary/aromatic N) is 5. The van der Waals surface area contributed by atoms with E-state index in [0.29, 0.717) is 37.4 Å². The molecule has 1 aromatic heterocycles. The van der Waals surface area contributed by atoms with Gasteiger partial charge in [0.15, 0.2) is 5.82 Å². The molecule has 1 fully saturated rings. The Balaban J connectivity index is 1.20. The Morgan fingerprint density at radius 1 is 0.912 bits per heavy atom. The number of halogens is 1. The zero-order chi connectivity index (χ0) is 23.5. The number of anilines is 1. The van der Waals surface area contributed by atoms with Gasteiger partial charge in [0.2, 0.25) is 0 Å². The Morgan fingerprint density at radius 2 is 1.71 bits per heavy atom. The second-order valence-corrected chi connectivity index (χ2v) is 8.66. The minimum Gasteiger partial charge on any atom is -0.372 e. The fourth-order valence-corrected chi connectivity index (χ4v) is 4.58. The topological polar surface area (TPSA) is 83.4 Å². The summed E-state index contributed by atoms with van der Waals surface area (Å²) in [5.74, 6) is 0.574. The molecular weight excluding hydrogens is 435 g/mol. The van der Waals surface area contributed by atoms with Gasteiger partial charge in [-0.25, -0.2) is 4.39 Å². The van der Waals surface area contributed by atoms with Crippen LogP contribution in [0.1, 0.15) is 45.2 Å². The summed E-state index contributed by atoms with van der Waals surface area (Å²) in [6.45, 7) is 3.95. The van der Waals surface area contributed by atoms with Gasteiger partial charge in [-0.05, 0) is 55.3 Å². The second-order valence-electron chi connectivity index (χ2n) is 8.66. The molecule has 0 radical (unpaired) electrons. The Hall–Kier alpha value is -3.75. The van der Waals surface area contributed by atoms with Crippen molar-refractivity contribution in [2.45, 2.75) is 32.4 Å². The van der Waals surface area contributed by atoms with Crippen LogP contribution in [0.5, 0.6) is 0 Å². The Morgan fingerprint density at radius 3 is 2.47 bits per heavy atom. The number of fused-ring (bicyclic) bond motifs is 1. The number of hydrogen-bond acceptors (Lipinski definition) is 5. The molecule has 0 bridgehead atoms. The summed E-state index contributed by atoms with van der Waals surface area (Å²) in [7, 11) is 0. The Bertz CT molecular complexity index is 1190. The number of nitrogens with one attached hydrogen (secondary N) is 1. The highest BCUT2D eigenvalue weighted by molar-refractivity contribution is 5.95. The lowest BCUT2D eigenvalue weighted by molar-refractivity contribution is 0.0758. The lowest BCUT2D eigenvalue weighted by atomic mass is 10.1. The summed E-state index contributed by atoms with van der Waals surface area (Å²) < 4.78 is 15.3. The number of carbonyl (C=O) groups is 2. The predicted molar refractivity (Wildman–Crippen MR) is 125 cm³/mol. The third-order valence-electron chi connectivity index (χ3n) is 6.47. The molecular formula is C25H27FN6O2. The monoisotopic (exact) mass is 462 g/mol. The van der Waals surface area contributed by atoms with Crippen LogP contribution in [0.25, 0.3) is 0 Å². The first kappa shape index (κ1) is 22.1. The van der Waals surface area contributed by atoms with Crippen molar-refractivity contribution < 1.29 is 14.0 Å². The second kappa shape index (κ2) is 9.62. The normalized spacial score (nSPS) is 15.7. The highest BCUT2D eigenvalue weighted by atomic mass is 19.1. The molecule has 1 N–H and O–H groups in total. The van der Waals surface area contributed by atoms with Gasteiger partial charge in [-0.15, -0.1) is 10.2 Å². The highest BCUT2D eigenvalue weighted by Crippen LogP contribution is 2.21. The molecule has 2 aliphatic heterocycles. The Kier molecular flexibility index (Phi) is 6.24. The number of rotatable bonds is 5. The molecule has 176 valence electrons. The van der Waals surface area contributed by atoms with Crippen LogP contribution in [0, 0.1) is 5.82 Å². The fourth-order valence-electron chi connectivity index (χ4n) is 4.58. The molecule has 0 saturated carbocycles. The van der Waals surface area contributed by atoms with E-state index in [0.717, 1.165) is 18.9 Å². The minimum atomic E-state index is -0.459. The van der Waals surface area contributed by atoms with E-state index in [-0.39, 0.29) is 23.9 Å². The molecule has 5 rings (SSSR count). The maximum Gasteiger partial charge on any atom is 0.253 e. The highest BCUT2D eigenvalue weighted by Gasteiger charge is 2.23. The van der Waals surface area contributed by atoms with Crippen LogP contribution in [0.15, 0.2) is 48.5 Å². The molecule has 2 aromatic carbocycles. The first-order chi connectivity index (χ1) is 16.6. The first-order valence-electron chi connectivity index (χ1n) is 11.7. The third-order valence-corrected chi connectivity index (χ3v) is 6.47. The predicted octanol–water partition coefficient (Wildman–Crippen LogP) is 2.65. The minimum absolute atomic E-state index is 0.00708. The van der Waals surface area contributed by atoms with E-state index in [4.69, 9.17) is 0 Å². The summed E-state index contributed by atoms with van der Waals surface area (Å²) in [4.78, 5) is 29.7. The van der Waals surface area contributed by atoms with Gasteiger partial charge in [0.1, 0.15) is 11.6 Å². The van der Waals surface area contributed by atoms with E-state index in [1.54, 1.807) is 6.07 Å². The van der Waals surface area contributed by atoms with Gasteiger partial charge in [0, 0.05) is 56.0 Å². The number of aromatic nitrogens is 3. The molecule has 34 heavy (non-hydrogen) atoms. The van der Waals surface area contributed by atoms with Crippen LogP contribution in [0.2, 0.25) is 0 Å². The molecule has 1 saturated heterocycles. The van der Waals surface area contributed by atoms with Crippen LogP contribution < -0.4 is 10.2 Å². The molecule has 2 aliphatic rings. The summed E-state index contributed by atoms with van der Waals surface area (Å²) in [5.41, 5.74) is 2.10. The third kappa shape index (κ3) is 4.64. The van der Waals surface area contributed by atoms with E-state index in [1.807, 2.05) is 33.7 Å². The van der Waals surface area contributed by atoms with Crippen molar-refractivity contribution in [3.8, 4) is 0 Å². The van der Waals surface area contributed by atoms with Gasteiger partial charge >= 0.3 is 0 Å². The molecule has 9 heteroatoms. The lowest BCUT2D eigenvalue weighted by Crippen LogP contribution is -2.34. The van der Waals surface area contributed by atoms with Crippen LogP contribution in [-0.4, -0.2) is 57.7 Å². The Labute approximate surface area is 197 Å². The number of amides is 2. The van der Waals surface area contributed by atoms with E-state index in [2.05, 4.69) is 20.4 Å². The zero-order valence-electron chi connectivity index (χ0n) is 18.9. The summed E-state index contributed by atoms with van der Waals surface area (Å²) in [6, 6.07) is 13.4. The van der Waals surface area contributed by atoms with Crippen molar-refractivity contribution in [2.75, 3.05) is 31.1 Å². The van der Waals surface area contributed by atoms with Crippen molar-refractivity contribution in [1.29, 1.82) is 0 Å². The number of carbonyl (C=O) groups excluding carboxylic acids is 2. The molecule has 0 aliphatic carbocycles. The van der Waals surface area contributed by atoms with E-state index in [1.165, 1.54) is 36.7 Å². The van der Waals surface area contributed by atoms with Crippen LogP contribution in [0.4, 0.5) is 10.1 Å². The molecule has 0 atom stereocenters.